The lowest BCUT2D eigenvalue weighted by Gasteiger charge is -2.38. The molecule has 2 aliphatic rings. The summed E-state index contributed by atoms with van der Waals surface area (Å²) in [6, 6.07) is 4.29. The molecule has 0 bridgehead atoms. The van der Waals surface area contributed by atoms with E-state index >= 15 is 0 Å². The smallest absolute Gasteiger partial charge is 0.406 e. The van der Waals surface area contributed by atoms with Crippen molar-refractivity contribution in [1.29, 1.82) is 0 Å². The van der Waals surface area contributed by atoms with Crippen LogP contribution in [0.25, 0.3) is 0 Å². The number of alkyl carbamates (subject to hydrolysis) is 1. The van der Waals surface area contributed by atoms with Gasteiger partial charge in [0.15, 0.2) is 0 Å². The Morgan fingerprint density at radius 2 is 2.03 bits per heavy atom. The first-order valence-electron chi connectivity index (χ1n) is 13.1. The third kappa shape index (κ3) is 9.59. The molecule has 2 heterocycles. The number of nitrogens with one attached hydrogen (secondary N) is 3. The van der Waals surface area contributed by atoms with E-state index in [9.17, 15) is 14.0 Å². The molecule has 2 saturated heterocycles. The number of carbonyl (C=O) groups excluding carboxylic acids is 2. The van der Waals surface area contributed by atoms with E-state index in [0.717, 1.165) is 45.3 Å². The fourth-order valence-corrected chi connectivity index (χ4v) is 5.42. The summed E-state index contributed by atoms with van der Waals surface area (Å²) in [4.78, 5) is 26.5. The van der Waals surface area contributed by atoms with Gasteiger partial charge in [0.2, 0.25) is 0 Å². The van der Waals surface area contributed by atoms with E-state index in [-0.39, 0.29) is 36.2 Å². The molecule has 0 aromatic heterocycles. The monoisotopic (exact) mass is 542 g/mol. The number of hydrogen-bond donors (Lipinski definition) is 3. The van der Waals surface area contributed by atoms with Gasteiger partial charge in [0.1, 0.15) is 5.82 Å². The van der Waals surface area contributed by atoms with Gasteiger partial charge in [-0.15, -0.1) is 0 Å². The van der Waals surface area contributed by atoms with Crippen molar-refractivity contribution >= 4 is 23.7 Å². The first kappa shape index (κ1) is 29.4. The Morgan fingerprint density at radius 3 is 2.73 bits per heavy atom. The van der Waals surface area contributed by atoms with Gasteiger partial charge < -0.3 is 35.1 Å². The molecule has 37 heavy (non-hydrogen) atoms. The number of amides is 3. The summed E-state index contributed by atoms with van der Waals surface area (Å²) in [6.45, 7) is 3.80. The number of methoxy groups -OCH3 is 1. The molecule has 1 unspecified atom stereocenters. The van der Waals surface area contributed by atoms with Gasteiger partial charge in [0, 0.05) is 56.4 Å². The lowest BCUT2D eigenvalue weighted by atomic mass is 9.88. The summed E-state index contributed by atoms with van der Waals surface area (Å²) >= 11 is 6.14. The zero-order valence-corrected chi connectivity index (χ0v) is 22.5. The Balaban J connectivity index is 1.65. The Morgan fingerprint density at radius 1 is 1.24 bits per heavy atom. The summed E-state index contributed by atoms with van der Waals surface area (Å²) in [5.41, 5.74) is 0.614. The third-order valence-electron chi connectivity index (χ3n) is 6.98. The van der Waals surface area contributed by atoms with Gasteiger partial charge in [-0.1, -0.05) is 11.6 Å². The lowest BCUT2D eigenvalue weighted by molar-refractivity contribution is -0.00884. The van der Waals surface area contributed by atoms with Gasteiger partial charge in [0.25, 0.3) is 0 Å². The van der Waals surface area contributed by atoms with E-state index in [0.29, 0.717) is 31.1 Å². The highest BCUT2D eigenvalue weighted by molar-refractivity contribution is 6.30. The van der Waals surface area contributed by atoms with Crippen molar-refractivity contribution < 1.29 is 28.2 Å². The van der Waals surface area contributed by atoms with Gasteiger partial charge in [-0.2, -0.15) is 0 Å². The maximum atomic E-state index is 14.2. The second kappa shape index (κ2) is 15.3. The molecule has 0 saturated carbocycles. The van der Waals surface area contributed by atoms with Crippen molar-refractivity contribution in [3.8, 4) is 0 Å². The highest BCUT2D eigenvalue weighted by Gasteiger charge is 2.32. The third-order valence-corrected chi connectivity index (χ3v) is 7.20. The minimum absolute atomic E-state index is 0.0273. The van der Waals surface area contributed by atoms with E-state index in [2.05, 4.69) is 20.7 Å². The van der Waals surface area contributed by atoms with Crippen molar-refractivity contribution in [3.63, 3.8) is 0 Å². The number of likely N-dealkylation sites (N-methyl/N-ethyl adjacent to an activating group) is 1. The first-order chi connectivity index (χ1) is 17.9. The fourth-order valence-electron chi connectivity index (χ4n) is 5.19. The molecule has 1 aromatic carbocycles. The number of likely N-dealkylation sites (tertiary alicyclic amines) is 1. The highest BCUT2D eigenvalue weighted by Crippen LogP contribution is 2.34. The molecule has 0 aliphatic carbocycles. The summed E-state index contributed by atoms with van der Waals surface area (Å²) in [5.74, 6) is 0.0292. The molecule has 0 spiro atoms. The predicted molar refractivity (Wildman–Crippen MR) is 139 cm³/mol. The standard InChI is InChI=1S/C26H40ClFN4O5/c1-29-16-23(12-18-5-9-36-10-6-18)31-25(33)32-8-3-4-19(17-32)24(37-11-7-30-26(34)35-2)20-13-21(27)15-22(28)14-20/h13-15,18-19,23-24,29H,3-12,16-17H2,1-2H3,(H,30,34)(H,31,33)/t19-,23+,24?/m1/s1. The van der Waals surface area contributed by atoms with Gasteiger partial charge >= 0.3 is 12.1 Å². The molecule has 2 fully saturated rings. The molecule has 0 radical (unpaired) electrons. The summed E-state index contributed by atoms with van der Waals surface area (Å²) in [7, 11) is 3.18. The maximum absolute atomic E-state index is 14.2. The van der Waals surface area contributed by atoms with E-state index < -0.39 is 18.0 Å². The number of hydrogen-bond acceptors (Lipinski definition) is 6. The van der Waals surface area contributed by atoms with Crippen LogP contribution in [0.2, 0.25) is 5.02 Å². The average Bonchev–Trinajstić information content (AvgIpc) is 2.88. The van der Waals surface area contributed by atoms with Crippen LogP contribution in [0.3, 0.4) is 0 Å². The number of piperidine rings is 1. The van der Waals surface area contributed by atoms with Crippen molar-refractivity contribution in [3.05, 3.63) is 34.6 Å². The van der Waals surface area contributed by atoms with E-state index in [1.54, 1.807) is 6.07 Å². The van der Waals surface area contributed by atoms with Crippen molar-refractivity contribution in [1.82, 2.24) is 20.9 Å². The Hall–Kier alpha value is -2.14. The quantitative estimate of drug-likeness (QED) is 0.368. The fraction of sp³-hybridized carbons (Fsp3) is 0.692. The minimum atomic E-state index is -0.550. The molecule has 2 aliphatic heterocycles. The molecular weight excluding hydrogens is 503 g/mol. The van der Waals surface area contributed by atoms with Crippen LogP contribution >= 0.6 is 11.6 Å². The SMILES string of the molecule is CNC[C@H](CC1CCOCC1)NC(=O)N1CCC[C@@H](C(OCCNC(=O)OC)c2cc(F)cc(Cl)c2)C1. The number of halogens is 2. The molecule has 3 atom stereocenters. The van der Waals surface area contributed by atoms with Crippen molar-refractivity contribution in [2.24, 2.45) is 11.8 Å². The molecule has 11 heteroatoms. The van der Waals surface area contributed by atoms with Crippen LogP contribution in [0, 0.1) is 17.7 Å². The second-order valence-corrected chi connectivity index (χ2v) is 10.2. The Bertz CT molecular complexity index is 853. The zero-order valence-electron chi connectivity index (χ0n) is 21.8. The summed E-state index contributed by atoms with van der Waals surface area (Å²) in [5, 5.41) is 9.28. The number of urea groups is 1. The molecule has 208 valence electrons. The normalized spacial score (nSPS) is 20.2. The van der Waals surface area contributed by atoms with Crippen molar-refractivity contribution in [2.75, 3.05) is 60.2 Å². The van der Waals surface area contributed by atoms with Crippen LogP contribution < -0.4 is 16.0 Å². The molecule has 3 N–H and O–H groups in total. The lowest BCUT2D eigenvalue weighted by Crippen LogP contribution is -2.52. The van der Waals surface area contributed by atoms with Crippen LogP contribution in [-0.4, -0.2) is 83.2 Å². The molecule has 3 rings (SSSR count). The van der Waals surface area contributed by atoms with Crippen LogP contribution in [0.15, 0.2) is 18.2 Å². The van der Waals surface area contributed by atoms with E-state index in [1.165, 1.54) is 19.2 Å². The number of carbonyl (C=O) groups is 2. The summed E-state index contributed by atoms with van der Waals surface area (Å²) < 4.78 is 30.4. The van der Waals surface area contributed by atoms with E-state index in [4.69, 9.17) is 21.1 Å². The van der Waals surface area contributed by atoms with Gasteiger partial charge in [0.05, 0.1) is 19.8 Å². The van der Waals surface area contributed by atoms with Crippen molar-refractivity contribution in [2.45, 2.75) is 44.2 Å². The van der Waals surface area contributed by atoms with Gasteiger partial charge in [-0.25, -0.2) is 14.0 Å². The van der Waals surface area contributed by atoms with Crippen LogP contribution in [0.5, 0.6) is 0 Å². The zero-order chi connectivity index (χ0) is 26.6. The number of rotatable bonds is 11. The average molecular weight is 543 g/mol. The number of benzene rings is 1. The minimum Gasteiger partial charge on any atom is -0.453 e. The van der Waals surface area contributed by atoms with Gasteiger partial charge in [-0.05, 0) is 68.8 Å². The second-order valence-electron chi connectivity index (χ2n) is 9.76. The molecular formula is C26H40ClFN4O5. The first-order valence-corrected chi connectivity index (χ1v) is 13.4. The number of ether oxygens (including phenoxy) is 3. The van der Waals surface area contributed by atoms with Crippen LogP contribution in [0.4, 0.5) is 14.0 Å². The van der Waals surface area contributed by atoms with E-state index in [1.807, 2.05) is 11.9 Å². The topological polar surface area (TPSA) is 101 Å². The molecule has 3 amide bonds. The highest BCUT2D eigenvalue weighted by atomic mass is 35.5. The number of nitrogens with zero attached hydrogens (tertiary/aromatic N) is 1. The molecule has 1 aromatic rings. The maximum Gasteiger partial charge on any atom is 0.406 e. The van der Waals surface area contributed by atoms with Crippen LogP contribution in [0.1, 0.15) is 43.8 Å². The molecule has 9 nitrogen and oxygen atoms in total. The predicted octanol–water partition coefficient (Wildman–Crippen LogP) is 3.72. The largest absolute Gasteiger partial charge is 0.453 e. The summed E-state index contributed by atoms with van der Waals surface area (Å²) in [6.07, 6.45) is 3.52. The van der Waals surface area contributed by atoms with Crippen LogP contribution in [-0.2, 0) is 14.2 Å². The Kier molecular flexibility index (Phi) is 12.2. The van der Waals surface area contributed by atoms with Gasteiger partial charge in [-0.3, -0.25) is 0 Å². The Labute approximate surface area is 223 Å².